The van der Waals surface area contributed by atoms with Gasteiger partial charge in [0, 0.05) is 22.7 Å². The van der Waals surface area contributed by atoms with Crippen LogP contribution in [0.3, 0.4) is 0 Å². The summed E-state index contributed by atoms with van der Waals surface area (Å²) in [5, 5.41) is 3.43. The van der Waals surface area contributed by atoms with Gasteiger partial charge in [0.05, 0.1) is 18.3 Å². The average molecular weight is 430 g/mol. The molecule has 0 fully saturated rings. The Balaban J connectivity index is 1.49. The molecule has 1 aliphatic carbocycles. The van der Waals surface area contributed by atoms with E-state index in [1.807, 2.05) is 49.5 Å². The third-order valence-electron chi connectivity index (χ3n) is 5.69. The topological polar surface area (TPSA) is 72.5 Å². The Kier molecular flexibility index (Phi) is 5.08. The van der Waals surface area contributed by atoms with E-state index >= 15 is 0 Å². The highest BCUT2D eigenvalue weighted by Crippen LogP contribution is 2.28. The second kappa shape index (κ2) is 8.04. The Morgan fingerprint density at radius 1 is 1.16 bits per heavy atom. The lowest BCUT2D eigenvalue weighted by atomic mass is 9.90. The first-order chi connectivity index (χ1) is 15.1. The van der Waals surface area contributed by atoms with Gasteiger partial charge in [-0.25, -0.2) is 9.97 Å². The lowest BCUT2D eigenvalue weighted by molar-refractivity contribution is 0.662. The third kappa shape index (κ3) is 3.75. The van der Waals surface area contributed by atoms with Crippen molar-refractivity contribution in [2.45, 2.75) is 26.1 Å². The molecule has 2 atom stereocenters. The van der Waals surface area contributed by atoms with Gasteiger partial charge in [-0.1, -0.05) is 53.2 Å². The van der Waals surface area contributed by atoms with Crippen LogP contribution in [0, 0.1) is 17.7 Å². The van der Waals surface area contributed by atoms with E-state index in [0.717, 1.165) is 28.2 Å². The molecular formula is C24H20ClN5O. The number of fused-ring (bicyclic) bond motifs is 2. The molecular weight excluding hydrogens is 410 g/mol. The molecule has 0 radical (unpaired) electrons. The van der Waals surface area contributed by atoms with Crippen LogP contribution in [0.4, 0.5) is 0 Å². The first-order valence-electron chi connectivity index (χ1n) is 10.1. The monoisotopic (exact) mass is 429 g/mol. The number of imidazole rings is 1. The number of hydrogen-bond acceptors (Lipinski definition) is 5. The zero-order valence-electron chi connectivity index (χ0n) is 16.9. The molecule has 0 saturated heterocycles. The number of pyridine rings is 1. The van der Waals surface area contributed by atoms with E-state index in [1.54, 1.807) is 0 Å². The second-order valence-electron chi connectivity index (χ2n) is 7.73. The molecule has 2 unspecified atom stereocenters. The van der Waals surface area contributed by atoms with E-state index in [2.05, 4.69) is 44.0 Å². The molecule has 3 aromatic rings. The number of halogens is 1. The maximum Gasteiger partial charge on any atom is 0.160 e. The van der Waals surface area contributed by atoms with Crippen molar-refractivity contribution in [3.8, 4) is 11.3 Å². The molecule has 0 spiro atoms. The van der Waals surface area contributed by atoms with Crippen molar-refractivity contribution >= 4 is 29.0 Å². The zero-order chi connectivity index (χ0) is 21.4. The number of aliphatic imine (C=N–C) groups is 1. The van der Waals surface area contributed by atoms with Gasteiger partial charge in [0.1, 0.15) is 17.9 Å². The summed E-state index contributed by atoms with van der Waals surface area (Å²) in [6.07, 6.45) is 12.6. The lowest BCUT2D eigenvalue weighted by Crippen LogP contribution is -2.19. The van der Waals surface area contributed by atoms with Crippen molar-refractivity contribution < 1.29 is 0 Å². The molecule has 31 heavy (non-hydrogen) atoms. The van der Waals surface area contributed by atoms with Crippen molar-refractivity contribution in [3.05, 3.63) is 87.6 Å². The standard InChI is InChI=1S/C24H20ClN5O/c1-15-28-23-9-8-22(18-5-6-19(13-27-31)20(25)12-18)29-24(23)30(15)14-16-4-7-21-17(11-16)3-2-10-26-21/h2-12,17,21H,13-14H2,1H3. The summed E-state index contributed by atoms with van der Waals surface area (Å²) < 4.78 is 2.14. The second-order valence-corrected chi connectivity index (χ2v) is 8.14. The molecule has 2 aromatic heterocycles. The predicted molar refractivity (Wildman–Crippen MR) is 124 cm³/mol. The van der Waals surface area contributed by atoms with E-state index in [4.69, 9.17) is 16.6 Å². The molecule has 3 heterocycles. The van der Waals surface area contributed by atoms with E-state index < -0.39 is 0 Å². The number of dihydropyridines is 1. The fourth-order valence-electron chi connectivity index (χ4n) is 4.05. The van der Waals surface area contributed by atoms with Gasteiger partial charge >= 0.3 is 0 Å². The molecule has 0 bridgehead atoms. The van der Waals surface area contributed by atoms with E-state index in [9.17, 15) is 4.91 Å². The SMILES string of the molecule is Cc1nc2ccc(-c3ccc(CN=O)c(Cl)c3)nc2n1CC1=CC2C=CC=NC2C=C1. The number of nitrogens with zero attached hydrogens (tertiary/aromatic N) is 5. The Morgan fingerprint density at radius 2 is 2.06 bits per heavy atom. The van der Waals surface area contributed by atoms with Gasteiger partial charge in [-0.15, -0.1) is 0 Å². The molecule has 0 amide bonds. The molecule has 0 N–H and O–H groups in total. The van der Waals surface area contributed by atoms with Gasteiger partial charge in [-0.05, 0) is 42.3 Å². The van der Waals surface area contributed by atoms with E-state index in [1.165, 1.54) is 5.57 Å². The van der Waals surface area contributed by atoms with Crippen LogP contribution in [0.15, 0.2) is 76.5 Å². The van der Waals surface area contributed by atoms with Crippen LogP contribution in [0.25, 0.3) is 22.4 Å². The molecule has 6 nitrogen and oxygen atoms in total. The summed E-state index contributed by atoms with van der Waals surface area (Å²) in [4.78, 5) is 24.7. The molecule has 5 rings (SSSR count). The van der Waals surface area contributed by atoms with E-state index in [0.29, 0.717) is 23.0 Å². The third-order valence-corrected chi connectivity index (χ3v) is 6.05. The molecule has 0 saturated carbocycles. The molecule has 2 aliphatic rings. The van der Waals surface area contributed by atoms with Crippen LogP contribution < -0.4 is 0 Å². The Hall–Kier alpha value is -3.38. The van der Waals surface area contributed by atoms with Gasteiger partial charge in [-0.3, -0.25) is 4.99 Å². The highest BCUT2D eigenvalue weighted by molar-refractivity contribution is 6.31. The fourth-order valence-corrected chi connectivity index (χ4v) is 4.29. The number of allylic oxidation sites excluding steroid dienone is 3. The smallest absolute Gasteiger partial charge is 0.160 e. The molecule has 154 valence electrons. The number of benzene rings is 1. The minimum atomic E-state index is 0.0581. The first kappa shape index (κ1) is 19.6. The summed E-state index contributed by atoms with van der Waals surface area (Å²) >= 11 is 6.32. The van der Waals surface area contributed by atoms with Crippen molar-refractivity contribution in [2.24, 2.45) is 16.1 Å². The minimum absolute atomic E-state index is 0.0581. The highest BCUT2D eigenvalue weighted by atomic mass is 35.5. The average Bonchev–Trinajstić information content (AvgIpc) is 3.09. The Morgan fingerprint density at radius 3 is 2.90 bits per heavy atom. The van der Waals surface area contributed by atoms with Crippen LogP contribution in [-0.2, 0) is 13.1 Å². The van der Waals surface area contributed by atoms with Gasteiger partial charge in [0.15, 0.2) is 5.65 Å². The maximum atomic E-state index is 10.6. The Labute approximate surface area is 184 Å². The van der Waals surface area contributed by atoms with Crippen LogP contribution in [0.2, 0.25) is 5.02 Å². The van der Waals surface area contributed by atoms with Gasteiger partial charge in [0.2, 0.25) is 0 Å². The molecule has 1 aromatic carbocycles. The molecule has 7 heteroatoms. The summed E-state index contributed by atoms with van der Waals surface area (Å²) in [6.45, 7) is 2.75. The number of aromatic nitrogens is 3. The largest absolute Gasteiger partial charge is 0.308 e. The number of rotatable bonds is 5. The lowest BCUT2D eigenvalue weighted by Gasteiger charge is -2.22. The van der Waals surface area contributed by atoms with Crippen LogP contribution >= 0.6 is 11.6 Å². The Bertz CT molecular complexity index is 1300. The summed E-state index contributed by atoms with van der Waals surface area (Å²) in [5.41, 5.74) is 5.30. The summed E-state index contributed by atoms with van der Waals surface area (Å²) in [6, 6.07) is 9.68. The van der Waals surface area contributed by atoms with Crippen molar-refractivity contribution in [2.75, 3.05) is 0 Å². The zero-order valence-corrected chi connectivity index (χ0v) is 17.7. The van der Waals surface area contributed by atoms with Gasteiger partial charge in [-0.2, -0.15) is 4.91 Å². The summed E-state index contributed by atoms with van der Waals surface area (Å²) in [7, 11) is 0. The minimum Gasteiger partial charge on any atom is -0.308 e. The highest BCUT2D eigenvalue weighted by Gasteiger charge is 2.20. The first-order valence-corrected chi connectivity index (χ1v) is 10.5. The van der Waals surface area contributed by atoms with Crippen molar-refractivity contribution in [1.29, 1.82) is 0 Å². The normalized spacial score (nSPS) is 19.5. The maximum absolute atomic E-state index is 10.6. The van der Waals surface area contributed by atoms with E-state index in [-0.39, 0.29) is 12.6 Å². The predicted octanol–water partition coefficient (Wildman–Crippen LogP) is 5.45. The van der Waals surface area contributed by atoms with Crippen LogP contribution in [0.5, 0.6) is 0 Å². The fraction of sp³-hybridized carbons (Fsp3) is 0.208. The summed E-state index contributed by atoms with van der Waals surface area (Å²) in [5.74, 6) is 1.21. The number of hydrogen-bond donors (Lipinski definition) is 0. The van der Waals surface area contributed by atoms with Crippen LogP contribution in [0.1, 0.15) is 11.4 Å². The molecule has 1 aliphatic heterocycles. The van der Waals surface area contributed by atoms with Gasteiger partial charge < -0.3 is 4.57 Å². The number of nitroso groups, excluding NO2 is 1. The van der Waals surface area contributed by atoms with Crippen molar-refractivity contribution in [1.82, 2.24) is 14.5 Å². The quantitative estimate of drug-likeness (QED) is 0.506. The number of aryl methyl sites for hydroxylation is 1. The van der Waals surface area contributed by atoms with Gasteiger partial charge in [0.25, 0.3) is 0 Å². The van der Waals surface area contributed by atoms with Crippen LogP contribution in [-0.4, -0.2) is 26.8 Å². The van der Waals surface area contributed by atoms with Crippen molar-refractivity contribution in [3.63, 3.8) is 0 Å².